The summed E-state index contributed by atoms with van der Waals surface area (Å²) in [6.07, 6.45) is 3.39. The lowest BCUT2D eigenvalue weighted by Crippen LogP contribution is -2.30. The molecule has 56 heavy (non-hydrogen) atoms. The van der Waals surface area contributed by atoms with Gasteiger partial charge in [-0.1, -0.05) is 87.4 Å². The van der Waals surface area contributed by atoms with Crippen molar-refractivity contribution in [3.05, 3.63) is 142 Å². The lowest BCUT2D eigenvalue weighted by molar-refractivity contribution is 0.0695. The Kier molecular flexibility index (Phi) is 14.8. The van der Waals surface area contributed by atoms with Crippen molar-refractivity contribution in [3.8, 4) is 22.3 Å². The second-order valence-electron chi connectivity index (χ2n) is 15.1. The Hall–Kier alpha value is -6.16. The summed E-state index contributed by atoms with van der Waals surface area (Å²) in [4.78, 5) is 61.8. The van der Waals surface area contributed by atoms with E-state index in [4.69, 9.17) is 0 Å². The van der Waals surface area contributed by atoms with E-state index in [9.17, 15) is 24.3 Å². The van der Waals surface area contributed by atoms with Crippen molar-refractivity contribution in [1.82, 2.24) is 25.1 Å². The minimum Gasteiger partial charge on any atom is -0.478 e. The van der Waals surface area contributed by atoms with Gasteiger partial charge in [-0.25, -0.2) is 14.8 Å². The molecule has 2 N–H and O–H groups in total. The smallest absolute Gasteiger partial charge is 0.335 e. The Bertz CT molecular complexity index is 2140. The van der Waals surface area contributed by atoms with Crippen molar-refractivity contribution >= 4 is 23.7 Å². The Balaban J connectivity index is 0.000000259. The highest BCUT2D eigenvalue weighted by atomic mass is 16.4. The largest absolute Gasteiger partial charge is 0.478 e. The van der Waals surface area contributed by atoms with Crippen LogP contribution >= 0.6 is 0 Å². The Morgan fingerprint density at radius 3 is 1.39 bits per heavy atom. The molecule has 10 nitrogen and oxygen atoms in total. The molecule has 5 aromatic rings. The molecule has 0 saturated carbocycles. The number of aryl methyl sites for hydroxylation is 3. The van der Waals surface area contributed by atoms with Crippen LogP contribution in [0.2, 0.25) is 0 Å². The number of aromatic carboxylic acids is 1. The van der Waals surface area contributed by atoms with Gasteiger partial charge in [0.05, 0.1) is 5.56 Å². The molecule has 0 aliphatic rings. The number of carbonyl (C=O) groups is 4. The lowest BCUT2D eigenvalue weighted by Gasteiger charge is -2.20. The fraction of sp³-hybridized carbons (Fsp3) is 0.304. The van der Waals surface area contributed by atoms with Crippen molar-refractivity contribution in [2.45, 2.75) is 55.0 Å². The van der Waals surface area contributed by atoms with E-state index in [1.165, 1.54) is 6.07 Å². The van der Waals surface area contributed by atoms with E-state index >= 15 is 0 Å². The van der Waals surface area contributed by atoms with Gasteiger partial charge in [0, 0.05) is 68.4 Å². The van der Waals surface area contributed by atoms with E-state index in [2.05, 4.69) is 29.1 Å². The minimum atomic E-state index is -1.04. The third-order valence-electron chi connectivity index (χ3n) is 8.90. The fourth-order valence-electron chi connectivity index (χ4n) is 6.08. The normalized spacial score (nSPS) is 10.8. The zero-order valence-electron chi connectivity index (χ0n) is 33.9. The van der Waals surface area contributed by atoms with Gasteiger partial charge in [-0.3, -0.25) is 14.4 Å². The van der Waals surface area contributed by atoms with Crippen LogP contribution in [0.3, 0.4) is 0 Å². The number of rotatable bonds is 12. The van der Waals surface area contributed by atoms with Gasteiger partial charge in [-0.15, -0.1) is 0 Å². The second-order valence-corrected chi connectivity index (χ2v) is 15.1. The third-order valence-corrected chi connectivity index (χ3v) is 8.90. The number of carbonyl (C=O) groups excluding carboxylic acids is 3. The van der Waals surface area contributed by atoms with Crippen molar-refractivity contribution in [3.63, 3.8) is 0 Å². The van der Waals surface area contributed by atoms with Crippen LogP contribution in [-0.2, 0) is 6.54 Å². The highest BCUT2D eigenvalue weighted by Crippen LogP contribution is 2.26. The molecular formula is C46H53N5O5. The van der Waals surface area contributed by atoms with Gasteiger partial charge >= 0.3 is 5.97 Å². The summed E-state index contributed by atoms with van der Waals surface area (Å²) in [5.74, 6) is -0.181. The summed E-state index contributed by atoms with van der Waals surface area (Å²) >= 11 is 0. The van der Waals surface area contributed by atoms with Crippen LogP contribution in [0, 0.1) is 32.6 Å². The van der Waals surface area contributed by atoms with Crippen LogP contribution in [0.5, 0.6) is 0 Å². The van der Waals surface area contributed by atoms with Gasteiger partial charge in [0.1, 0.15) is 5.82 Å². The second kappa shape index (κ2) is 19.4. The van der Waals surface area contributed by atoms with E-state index in [1.807, 2.05) is 95.3 Å². The molecule has 1 heterocycles. The first-order valence-electron chi connectivity index (χ1n) is 18.7. The van der Waals surface area contributed by atoms with Crippen LogP contribution in [0.1, 0.15) is 91.6 Å². The average Bonchev–Trinajstić information content (AvgIpc) is 3.16. The predicted molar refractivity (Wildman–Crippen MR) is 222 cm³/mol. The molecule has 0 bridgehead atoms. The number of carboxylic acid groups (broad SMARTS) is 1. The van der Waals surface area contributed by atoms with E-state index in [1.54, 1.807) is 54.5 Å². The summed E-state index contributed by atoms with van der Waals surface area (Å²) in [5.41, 5.74) is 7.95. The Morgan fingerprint density at radius 2 is 0.982 bits per heavy atom. The summed E-state index contributed by atoms with van der Waals surface area (Å²) in [5, 5.41) is 12.3. The number of carboxylic acids is 1. The lowest BCUT2D eigenvalue weighted by atomic mass is 9.98. The first-order valence-corrected chi connectivity index (χ1v) is 18.7. The first-order chi connectivity index (χ1) is 26.5. The summed E-state index contributed by atoms with van der Waals surface area (Å²) < 4.78 is 0. The molecule has 0 aliphatic heterocycles. The molecule has 0 radical (unpaired) electrons. The van der Waals surface area contributed by atoms with Gasteiger partial charge < -0.3 is 20.2 Å². The van der Waals surface area contributed by atoms with Gasteiger partial charge in [-0.2, -0.15) is 0 Å². The summed E-state index contributed by atoms with van der Waals surface area (Å²) in [6, 6.07) is 26.0. The molecular weight excluding hydrogens is 703 g/mol. The van der Waals surface area contributed by atoms with Crippen LogP contribution in [0.4, 0.5) is 0 Å². The molecule has 1 aromatic heterocycles. The number of hydrogen-bond acceptors (Lipinski definition) is 6. The van der Waals surface area contributed by atoms with Crippen LogP contribution in [-0.4, -0.2) is 75.8 Å². The number of nitrogens with one attached hydrogen (secondary N) is 1. The first kappa shape index (κ1) is 42.6. The maximum atomic E-state index is 13.1. The standard InChI is InChI=1S/C26H30N4O2.C20H23NO3/c1-17(2)16-30(5)26(32)24-11-22(21-8-6-18(3)7-9-21)10-23(12-24)25(31)29-15-20-13-27-19(4)28-14-20;1-13(2)12-21(4)19(22)17-9-16(10-18(11-17)20(23)24)15-7-5-14(3)6-8-15/h6-14,17H,15-16H2,1-5H3,(H,29,31);5-11,13H,12H2,1-4H3,(H,23,24). The maximum Gasteiger partial charge on any atom is 0.335 e. The molecule has 0 saturated heterocycles. The molecule has 292 valence electrons. The number of benzene rings is 4. The minimum absolute atomic E-state index is 0.103. The van der Waals surface area contributed by atoms with Gasteiger partial charge in [-0.05, 0) is 91.3 Å². The van der Waals surface area contributed by atoms with E-state index in [-0.39, 0.29) is 23.3 Å². The number of aromatic nitrogens is 2. The van der Waals surface area contributed by atoms with Gasteiger partial charge in [0.25, 0.3) is 17.7 Å². The predicted octanol–water partition coefficient (Wildman–Crippen LogP) is 8.51. The van der Waals surface area contributed by atoms with Crippen LogP contribution in [0.15, 0.2) is 97.3 Å². The van der Waals surface area contributed by atoms with E-state index < -0.39 is 5.97 Å². The SMILES string of the molecule is Cc1ccc(-c2cc(C(=O)NCc3cnc(C)nc3)cc(C(=O)N(C)CC(C)C)c2)cc1.Cc1ccc(-c2cc(C(=O)O)cc(C(=O)N(C)CC(C)C)c2)cc1. The van der Waals surface area contributed by atoms with E-state index in [0.29, 0.717) is 54.0 Å². The Labute approximate surface area is 330 Å². The van der Waals surface area contributed by atoms with Gasteiger partial charge in [0.15, 0.2) is 0 Å². The number of nitrogens with zero attached hydrogens (tertiary/aromatic N) is 4. The van der Waals surface area contributed by atoms with Gasteiger partial charge in [0.2, 0.25) is 0 Å². The molecule has 3 amide bonds. The van der Waals surface area contributed by atoms with Crippen LogP contribution < -0.4 is 5.32 Å². The highest BCUT2D eigenvalue weighted by molar-refractivity contribution is 6.02. The fourth-order valence-corrected chi connectivity index (χ4v) is 6.08. The topological polar surface area (TPSA) is 133 Å². The highest BCUT2D eigenvalue weighted by Gasteiger charge is 2.19. The zero-order chi connectivity index (χ0) is 41.1. The average molecular weight is 756 g/mol. The molecule has 4 aromatic carbocycles. The molecule has 0 fully saturated rings. The maximum absolute atomic E-state index is 13.1. The van der Waals surface area contributed by atoms with Crippen LogP contribution in [0.25, 0.3) is 22.3 Å². The zero-order valence-corrected chi connectivity index (χ0v) is 33.9. The number of hydrogen-bond donors (Lipinski definition) is 2. The molecule has 0 aliphatic carbocycles. The summed E-state index contributed by atoms with van der Waals surface area (Å²) in [6.45, 7) is 15.6. The molecule has 5 rings (SSSR count). The van der Waals surface area contributed by atoms with E-state index in [0.717, 1.165) is 38.9 Å². The summed E-state index contributed by atoms with van der Waals surface area (Å²) in [7, 11) is 3.53. The van der Waals surface area contributed by atoms with Crippen molar-refractivity contribution in [2.75, 3.05) is 27.2 Å². The van der Waals surface area contributed by atoms with Crippen molar-refractivity contribution in [1.29, 1.82) is 0 Å². The quantitative estimate of drug-likeness (QED) is 0.131. The van der Waals surface area contributed by atoms with Crippen molar-refractivity contribution in [2.24, 2.45) is 11.8 Å². The van der Waals surface area contributed by atoms with Crippen molar-refractivity contribution < 1.29 is 24.3 Å². The Morgan fingerprint density at radius 1 is 0.589 bits per heavy atom. The molecule has 10 heteroatoms. The monoisotopic (exact) mass is 755 g/mol. The third kappa shape index (κ3) is 12.2. The molecule has 0 spiro atoms. The molecule has 0 unspecified atom stereocenters. The molecule has 0 atom stereocenters. The number of amides is 3.